The van der Waals surface area contributed by atoms with Crippen LogP contribution in [0.3, 0.4) is 0 Å². The Bertz CT molecular complexity index is 2130. The minimum Gasteiger partial charge on any atom is -0.462 e. The third-order valence-corrected chi connectivity index (χ3v) is 19.4. The Hall–Kier alpha value is -3.24. The van der Waals surface area contributed by atoms with Crippen molar-refractivity contribution >= 4 is 39.5 Å². The quantitative estimate of drug-likeness (QED) is 0.0169. The van der Waals surface area contributed by atoms with Crippen LogP contribution in [-0.4, -0.2) is 96.7 Å². The predicted octanol–water partition coefficient (Wildman–Crippen LogP) is 23.5. The van der Waals surface area contributed by atoms with Gasteiger partial charge in [0.05, 0.1) is 26.4 Å². The van der Waals surface area contributed by atoms with Crippen LogP contribution >= 0.6 is 15.6 Å². The van der Waals surface area contributed by atoms with Crippen molar-refractivity contribution in [1.82, 2.24) is 0 Å². The highest BCUT2D eigenvalue weighted by Crippen LogP contribution is 2.45. The molecule has 5 atom stereocenters. The number of hydrogen-bond donors (Lipinski definition) is 3. The summed E-state index contributed by atoms with van der Waals surface area (Å²) in [5, 5.41) is 10.6. The smallest absolute Gasteiger partial charge is 0.462 e. The molecule has 17 nitrogen and oxygen atoms in total. The molecule has 0 rings (SSSR count). The Morgan fingerprint density at radius 3 is 0.770 bits per heavy atom. The van der Waals surface area contributed by atoms with Crippen molar-refractivity contribution in [2.75, 3.05) is 39.6 Å². The summed E-state index contributed by atoms with van der Waals surface area (Å²) >= 11 is 0. The molecule has 0 aromatic rings. The van der Waals surface area contributed by atoms with Gasteiger partial charge in [0.15, 0.2) is 12.2 Å². The van der Waals surface area contributed by atoms with E-state index < -0.39 is 97.5 Å². The van der Waals surface area contributed by atoms with Crippen LogP contribution in [0.2, 0.25) is 0 Å². The lowest BCUT2D eigenvalue weighted by molar-refractivity contribution is -0.161. The Balaban J connectivity index is 5.34. The highest BCUT2D eigenvalue weighted by Gasteiger charge is 2.30. The maximum atomic E-state index is 13.1. The topological polar surface area (TPSA) is 237 Å². The van der Waals surface area contributed by atoms with Crippen molar-refractivity contribution in [2.24, 2.45) is 0 Å². The van der Waals surface area contributed by atoms with Gasteiger partial charge in [0.2, 0.25) is 0 Å². The van der Waals surface area contributed by atoms with Gasteiger partial charge in [0.1, 0.15) is 19.3 Å². The van der Waals surface area contributed by atoms with Crippen LogP contribution < -0.4 is 0 Å². The van der Waals surface area contributed by atoms with Crippen molar-refractivity contribution in [3.05, 3.63) is 60.8 Å². The van der Waals surface area contributed by atoms with Crippen molar-refractivity contribution < 1.29 is 80.2 Å². The zero-order chi connectivity index (χ0) is 73.2. The number of aliphatic hydroxyl groups excluding tert-OH is 1. The summed E-state index contributed by atoms with van der Waals surface area (Å²) in [6.07, 6.45) is 73.3. The SMILES string of the molecule is CCCCC/C=C\C/C=C/CCCCCCCC(=O)OC[C@H](COP(=O)(O)OC[C@H](O)COP(=O)(O)OC[C@@H](COC(=O)CCCCCCCCCC/C=C\CCCCC)OC(=O)CCCCCCC/C=C/C/C=C/CCCCC)OC(=O)CCCCCCCCCCCCCCCCC. The van der Waals surface area contributed by atoms with E-state index in [1.165, 1.54) is 148 Å². The minimum atomic E-state index is -4.97. The van der Waals surface area contributed by atoms with Gasteiger partial charge in [-0.3, -0.25) is 37.3 Å². The fourth-order valence-corrected chi connectivity index (χ4v) is 12.8. The van der Waals surface area contributed by atoms with Crippen LogP contribution in [0.4, 0.5) is 0 Å². The van der Waals surface area contributed by atoms with Crippen molar-refractivity contribution in [2.45, 2.75) is 393 Å². The number of carbonyl (C=O) groups excluding carboxylic acids is 4. The largest absolute Gasteiger partial charge is 0.472 e. The van der Waals surface area contributed by atoms with Crippen molar-refractivity contribution in [1.29, 1.82) is 0 Å². The normalized spacial score (nSPS) is 14.2. The van der Waals surface area contributed by atoms with E-state index in [9.17, 15) is 43.2 Å². The standard InChI is InChI=1S/C81H148O17P2/c1-5-9-13-17-21-25-29-33-37-41-45-49-53-57-61-65-78(83)91-71-76(97-80(85)67-63-59-55-51-47-43-39-35-31-27-23-19-15-11-7-3)73-95-99(87,88)93-69-75(82)70-94-100(89,90)96-74-77(98-81(86)68-64-60-56-52-48-44-40-36-32-28-24-20-16-12-8-4)72-92-79(84)66-62-58-54-50-46-42-38-34-30-26-22-18-14-10-6-2/h21-23,25-27,34-35,38-39,75-77,82H,5-20,24,28-33,36-37,40-74H2,1-4H3,(H,87,88)(H,89,90)/b25-21-,26-22-,27-23+,38-34+,39-35+/t75-,76-,77-/m1/s1. The molecule has 0 amide bonds. The summed E-state index contributed by atoms with van der Waals surface area (Å²) in [6.45, 7) is 4.85. The van der Waals surface area contributed by atoms with Gasteiger partial charge in [-0.25, -0.2) is 9.13 Å². The number of allylic oxidation sites excluding steroid dienone is 10. The number of rotatable bonds is 77. The molecule has 0 aliphatic heterocycles. The molecular weight excluding hydrogens is 1310 g/mol. The third-order valence-electron chi connectivity index (χ3n) is 17.5. The Morgan fingerprint density at radius 1 is 0.280 bits per heavy atom. The van der Waals surface area contributed by atoms with Crippen molar-refractivity contribution in [3.8, 4) is 0 Å². The maximum Gasteiger partial charge on any atom is 0.472 e. The summed E-state index contributed by atoms with van der Waals surface area (Å²) in [6, 6.07) is 0. The summed E-state index contributed by atoms with van der Waals surface area (Å²) < 4.78 is 68.6. The molecule has 0 saturated heterocycles. The first-order chi connectivity index (χ1) is 48.7. The molecule has 0 aliphatic rings. The molecule has 2 unspecified atom stereocenters. The molecule has 0 saturated carbocycles. The predicted molar refractivity (Wildman–Crippen MR) is 409 cm³/mol. The molecule has 19 heteroatoms. The molecule has 0 heterocycles. The molecule has 0 spiro atoms. The fourth-order valence-electron chi connectivity index (χ4n) is 11.2. The second-order valence-corrected chi connectivity index (χ2v) is 30.3. The zero-order valence-electron chi connectivity index (χ0n) is 63.9. The number of ether oxygens (including phenoxy) is 4. The number of phosphoric ester groups is 2. The van der Waals surface area contributed by atoms with Gasteiger partial charge in [0, 0.05) is 25.7 Å². The van der Waals surface area contributed by atoms with E-state index >= 15 is 0 Å². The minimum absolute atomic E-state index is 0.0824. The van der Waals surface area contributed by atoms with Crippen LogP contribution in [0.25, 0.3) is 0 Å². The van der Waals surface area contributed by atoms with Gasteiger partial charge in [-0.1, -0.05) is 294 Å². The van der Waals surface area contributed by atoms with Gasteiger partial charge in [-0.05, 0) is 116 Å². The summed E-state index contributed by atoms with van der Waals surface area (Å²) in [4.78, 5) is 73.0. The molecule has 0 aromatic heterocycles. The van der Waals surface area contributed by atoms with Gasteiger partial charge in [-0.2, -0.15) is 0 Å². The van der Waals surface area contributed by atoms with E-state index in [2.05, 4.69) is 88.5 Å². The summed E-state index contributed by atoms with van der Waals surface area (Å²) in [5.74, 6) is -2.17. The van der Waals surface area contributed by atoms with Gasteiger partial charge >= 0.3 is 39.5 Å². The number of hydrogen-bond acceptors (Lipinski definition) is 15. The fraction of sp³-hybridized carbons (Fsp3) is 0.827. The van der Waals surface area contributed by atoms with Gasteiger partial charge in [0.25, 0.3) is 0 Å². The first-order valence-electron chi connectivity index (χ1n) is 40.5. The van der Waals surface area contributed by atoms with Crippen LogP contribution in [0.15, 0.2) is 60.8 Å². The number of esters is 4. The van der Waals surface area contributed by atoms with Crippen LogP contribution in [0, 0.1) is 0 Å². The molecule has 0 aromatic carbocycles. The number of aliphatic hydroxyl groups is 1. The van der Waals surface area contributed by atoms with Crippen LogP contribution in [0.5, 0.6) is 0 Å². The van der Waals surface area contributed by atoms with E-state index in [4.69, 9.17) is 37.0 Å². The lowest BCUT2D eigenvalue weighted by Gasteiger charge is -2.21. The van der Waals surface area contributed by atoms with E-state index in [-0.39, 0.29) is 25.7 Å². The van der Waals surface area contributed by atoms with E-state index in [1.807, 2.05) is 0 Å². The van der Waals surface area contributed by atoms with Crippen LogP contribution in [0.1, 0.15) is 374 Å². The number of unbranched alkanes of at least 4 members (excludes halogenated alkanes) is 41. The third kappa shape index (κ3) is 73.1. The van der Waals surface area contributed by atoms with Gasteiger partial charge < -0.3 is 33.8 Å². The monoisotopic (exact) mass is 1460 g/mol. The van der Waals surface area contributed by atoms with E-state index in [1.54, 1.807) is 0 Å². The molecule has 0 aliphatic carbocycles. The second kappa shape index (κ2) is 74.0. The number of phosphoric acid groups is 2. The molecule has 0 fully saturated rings. The first-order valence-corrected chi connectivity index (χ1v) is 43.5. The average molecular weight is 1460 g/mol. The van der Waals surface area contributed by atoms with Gasteiger partial charge in [-0.15, -0.1) is 0 Å². The summed E-state index contributed by atoms with van der Waals surface area (Å²) in [7, 11) is -9.95. The van der Waals surface area contributed by atoms with E-state index in [0.29, 0.717) is 25.7 Å². The lowest BCUT2D eigenvalue weighted by Crippen LogP contribution is -2.30. The highest BCUT2D eigenvalue weighted by atomic mass is 31.2. The Labute approximate surface area is 610 Å². The average Bonchev–Trinajstić information content (AvgIpc) is 1.01. The second-order valence-electron chi connectivity index (χ2n) is 27.4. The Kier molecular flexibility index (Phi) is 71.6. The molecule has 100 heavy (non-hydrogen) atoms. The lowest BCUT2D eigenvalue weighted by atomic mass is 10.0. The Morgan fingerprint density at radius 2 is 0.490 bits per heavy atom. The summed E-state index contributed by atoms with van der Waals surface area (Å²) in [5.41, 5.74) is 0. The molecule has 0 radical (unpaired) electrons. The van der Waals surface area contributed by atoms with Crippen molar-refractivity contribution in [3.63, 3.8) is 0 Å². The first kappa shape index (κ1) is 96.8. The molecule has 584 valence electrons. The molecular formula is C81H148O17P2. The maximum absolute atomic E-state index is 13.1. The number of carbonyl (C=O) groups is 4. The van der Waals surface area contributed by atoms with Crippen LogP contribution in [-0.2, 0) is 65.4 Å². The molecule has 0 bridgehead atoms. The zero-order valence-corrected chi connectivity index (χ0v) is 65.7. The molecule has 3 N–H and O–H groups in total. The highest BCUT2D eigenvalue weighted by molar-refractivity contribution is 7.47. The van der Waals surface area contributed by atoms with E-state index in [0.717, 1.165) is 148 Å².